The zero-order valence-electron chi connectivity index (χ0n) is 16.0. The SMILES string of the molecule is CCN[C@H](C)CNC(=O)c1cn(C(C)(C)C)nc1-c1ccccc1Cl.Cl. The minimum absolute atomic E-state index is 0. The third-order valence-corrected chi connectivity index (χ3v) is 4.23. The van der Waals surface area contributed by atoms with Crippen LogP contribution in [0.3, 0.4) is 0 Å². The Morgan fingerprint density at radius 3 is 2.54 bits per heavy atom. The van der Waals surface area contributed by atoms with Gasteiger partial charge in [0.2, 0.25) is 0 Å². The molecule has 0 aliphatic heterocycles. The summed E-state index contributed by atoms with van der Waals surface area (Å²) in [5.41, 5.74) is 1.67. The van der Waals surface area contributed by atoms with Crippen molar-refractivity contribution in [1.82, 2.24) is 20.4 Å². The summed E-state index contributed by atoms with van der Waals surface area (Å²) >= 11 is 6.34. The van der Waals surface area contributed by atoms with E-state index in [1.807, 2.05) is 63.6 Å². The number of carbonyl (C=O) groups is 1. The number of halogens is 2. The van der Waals surface area contributed by atoms with Crippen molar-refractivity contribution in [2.24, 2.45) is 0 Å². The van der Waals surface area contributed by atoms with E-state index < -0.39 is 0 Å². The maximum Gasteiger partial charge on any atom is 0.255 e. The smallest absolute Gasteiger partial charge is 0.255 e. The molecule has 7 heteroatoms. The fourth-order valence-corrected chi connectivity index (χ4v) is 2.72. The molecule has 0 spiro atoms. The van der Waals surface area contributed by atoms with Gasteiger partial charge in [-0.15, -0.1) is 12.4 Å². The van der Waals surface area contributed by atoms with Crippen molar-refractivity contribution in [3.05, 3.63) is 41.0 Å². The number of nitrogens with one attached hydrogen (secondary N) is 2. The number of hydrogen-bond donors (Lipinski definition) is 2. The first-order chi connectivity index (χ1) is 11.7. The summed E-state index contributed by atoms with van der Waals surface area (Å²) in [4.78, 5) is 12.8. The molecule has 2 aromatic rings. The van der Waals surface area contributed by atoms with E-state index in [0.29, 0.717) is 22.8 Å². The minimum atomic E-state index is -0.231. The van der Waals surface area contributed by atoms with Crippen molar-refractivity contribution in [2.75, 3.05) is 13.1 Å². The Kier molecular flexibility index (Phi) is 8.13. The van der Waals surface area contributed by atoms with Crippen LogP contribution in [0.5, 0.6) is 0 Å². The first-order valence-electron chi connectivity index (χ1n) is 8.60. The molecule has 144 valence electrons. The summed E-state index contributed by atoms with van der Waals surface area (Å²) in [6, 6.07) is 7.66. The zero-order chi connectivity index (χ0) is 18.6. The highest BCUT2D eigenvalue weighted by Gasteiger charge is 2.24. The average Bonchev–Trinajstić information content (AvgIpc) is 2.98. The number of hydrogen-bond acceptors (Lipinski definition) is 3. The van der Waals surface area contributed by atoms with E-state index in [4.69, 9.17) is 11.6 Å². The van der Waals surface area contributed by atoms with Crippen LogP contribution in [0.2, 0.25) is 5.02 Å². The molecule has 0 saturated carbocycles. The Balaban J connectivity index is 0.00000338. The molecule has 0 fully saturated rings. The van der Waals surface area contributed by atoms with Gasteiger partial charge in [0.25, 0.3) is 5.91 Å². The average molecular weight is 399 g/mol. The lowest BCUT2D eigenvalue weighted by atomic mass is 10.1. The topological polar surface area (TPSA) is 58.9 Å². The maximum absolute atomic E-state index is 12.8. The van der Waals surface area contributed by atoms with Crippen molar-refractivity contribution in [2.45, 2.75) is 46.2 Å². The summed E-state index contributed by atoms with van der Waals surface area (Å²) in [6.07, 6.45) is 1.80. The number of rotatable bonds is 6. The summed E-state index contributed by atoms with van der Waals surface area (Å²) in [7, 11) is 0. The standard InChI is InChI=1S/C19H27ClN4O.ClH/c1-6-21-13(2)11-22-18(25)15-12-24(19(3,4)5)23-17(15)14-9-7-8-10-16(14)20;/h7-10,12-13,21H,6,11H2,1-5H3,(H,22,25);1H/t13-;/m1./s1. The van der Waals surface area contributed by atoms with Gasteiger partial charge >= 0.3 is 0 Å². The van der Waals surface area contributed by atoms with Crippen LogP contribution in [0.25, 0.3) is 11.3 Å². The van der Waals surface area contributed by atoms with Gasteiger partial charge in [-0.2, -0.15) is 5.10 Å². The van der Waals surface area contributed by atoms with Crippen molar-refractivity contribution in [3.8, 4) is 11.3 Å². The van der Waals surface area contributed by atoms with E-state index in [2.05, 4.69) is 15.7 Å². The predicted octanol–water partition coefficient (Wildman–Crippen LogP) is 4.11. The molecule has 0 unspecified atom stereocenters. The van der Waals surface area contributed by atoms with E-state index in [1.165, 1.54) is 0 Å². The van der Waals surface area contributed by atoms with Crippen LogP contribution in [0.1, 0.15) is 45.0 Å². The molecule has 0 aliphatic carbocycles. The van der Waals surface area contributed by atoms with Crippen LogP contribution in [0, 0.1) is 0 Å². The van der Waals surface area contributed by atoms with Crippen molar-refractivity contribution < 1.29 is 4.79 Å². The minimum Gasteiger partial charge on any atom is -0.350 e. The molecule has 0 bridgehead atoms. The molecule has 5 nitrogen and oxygen atoms in total. The van der Waals surface area contributed by atoms with Crippen molar-refractivity contribution in [1.29, 1.82) is 0 Å². The first kappa shape index (κ1) is 22.5. The van der Waals surface area contributed by atoms with Gasteiger partial charge in [-0.1, -0.05) is 36.7 Å². The van der Waals surface area contributed by atoms with E-state index >= 15 is 0 Å². The van der Waals surface area contributed by atoms with Crippen LogP contribution in [0.15, 0.2) is 30.5 Å². The normalized spacial score (nSPS) is 12.4. The molecule has 1 amide bonds. The molecule has 1 heterocycles. The Hall–Kier alpha value is -1.56. The maximum atomic E-state index is 12.8. The number of amides is 1. The number of carbonyl (C=O) groups excluding carboxylic acids is 1. The van der Waals surface area contributed by atoms with Crippen LogP contribution in [0.4, 0.5) is 0 Å². The molecule has 1 atom stereocenters. The van der Waals surface area contributed by atoms with Gasteiger partial charge in [-0.25, -0.2) is 0 Å². The van der Waals surface area contributed by atoms with Gasteiger partial charge in [-0.3, -0.25) is 9.48 Å². The first-order valence-corrected chi connectivity index (χ1v) is 8.98. The van der Waals surface area contributed by atoms with Gasteiger partial charge in [-0.05, 0) is 40.3 Å². The molecule has 2 rings (SSSR count). The second kappa shape index (κ2) is 9.40. The lowest BCUT2D eigenvalue weighted by molar-refractivity contribution is 0.0950. The fraction of sp³-hybridized carbons (Fsp3) is 0.474. The lowest BCUT2D eigenvalue weighted by Gasteiger charge is -2.18. The molecule has 0 saturated heterocycles. The second-order valence-electron chi connectivity index (χ2n) is 7.16. The van der Waals surface area contributed by atoms with Crippen LogP contribution < -0.4 is 10.6 Å². The second-order valence-corrected chi connectivity index (χ2v) is 7.56. The number of aromatic nitrogens is 2. The monoisotopic (exact) mass is 398 g/mol. The third kappa shape index (κ3) is 5.47. The molecule has 26 heavy (non-hydrogen) atoms. The van der Waals surface area contributed by atoms with E-state index in [-0.39, 0.29) is 29.9 Å². The summed E-state index contributed by atoms with van der Waals surface area (Å²) in [6.45, 7) is 11.6. The zero-order valence-corrected chi connectivity index (χ0v) is 17.5. The molecule has 2 N–H and O–H groups in total. The molecule has 0 aliphatic rings. The van der Waals surface area contributed by atoms with Crippen LogP contribution in [-0.2, 0) is 5.54 Å². The van der Waals surface area contributed by atoms with Crippen molar-refractivity contribution in [3.63, 3.8) is 0 Å². The summed E-state index contributed by atoms with van der Waals surface area (Å²) in [5.74, 6) is -0.143. The largest absolute Gasteiger partial charge is 0.350 e. The Morgan fingerprint density at radius 2 is 1.96 bits per heavy atom. The number of nitrogens with zero attached hydrogens (tertiary/aromatic N) is 2. The van der Waals surface area contributed by atoms with Gasteiger partial charge in [0.1, 0.15) is 5.69 Å². The van der Waals surface area contributed by atoms with Crippen molar-refractivity contribution >= 4 is 29.9 Å². The summed E-state index contributed by atoms with van der Waals surface area (Å²) in [5, 5.41) is 11.5. The predicted molar refractivity (Wildman–Crippen MR) is 110 cm³/mol. The quantitative estimate of drug-likeness (QED) is 0.769. The van der Waals surface area contributed by atoms with E-state index in [9.17, 15) is 4.79 Å². The fourth-order valence-electron chi connectivity index (χ4n) is 2.50. The van der Waals surface area contributed by atoms with Crippen LogP contribution >= 0.6 is 24.0 Å². The molecular weight excluding hydrogens is 371 g/mol. The van der Waals surface area contributed by atoms with Gasteiger partial charge < -0.3 is 10.6 Å². The van der Waals surface area contributed by atoms with E-state index in [0.717, 1.165) is 12.1 Å². The number of benzene rings is 1. The van der Waals surface area contributed by atoms with Gasteiger partial charge in [0.15, 0.2) is 0 Å². The van der Waals surface area contributed by atoms with E-state index in [1.54, 1.807) is 6.20 Å². The number of likely N-dealkylation sites (N-methyl/N-ethyl adjacent to an activating group) is 1. The van der Waals surface area contributed by atoms with Gasteiger partial charge in [0, 0.05) is 24.3 Å². The Labute approximate surface area is 166 Å². The lowest BCUT2D eigenvalue weighted by Crippen LogP contribution is -2.38. The molecule has 0 radical (unpaired) electrons. The molecule has 1 aromatic heterocycles. The Bertz CT molecular complexity index is 737. The highest BCUT2D eigenvalue weighted by atomic mass is 35.5. The molecule has 1 aromatic carbocycles. The summed E-state index contributed by atoms with van der Waals surface area (Å²) < 4.78 is 1.81. The van der Waals surface area contributed by atoms with Gasteiger partial charge in [0.05, 0.1) is 16.1 Å². The third-order valence-electron chi connectivity index (χ3n) is 3.90. The van der Waals surface area contributed by atoms with Crippen LogP contribution in [-0.4, -0.2) is 34.8 Å². The highest BCUT2D eigenvalue weighted by Crippen LogP contribution is 2.30. The Morgan fingerprint density at radius 1 is 1.31 bits per heavy atom. The highest BCUT2D eigenvalue weighted by molar-refractivity contribution is 6.33. The molecular formula is C19H28Cl2N4O.